The molecule has 2 aliphatic heterocycles. The van der Waals surface area contributed by atoms with E-state index in [2.05, 4.69) is 0 Å². The van der Waals surface area contributed by atoms with Crippen LogP contribution in [0.5, 0.6) is 0 Å². The van der Waals surface area contributed by atoms with Crippen LogP contribution in [0.3, 0.4) is 0 Å². The lowest BCUT2D eigenvalue weighted by atomic mass is 9.84. The summed E-state index contributed by atoms with van der Waals surface area (Å²) >= 11 is 0. The highest BCUT2D eigenvalue weighted by Gasteiger charge is 2.50. The normalized spacial score (nSPS) is 52.7. The first-order valence-corrected chi connectivity index (χ1v) is 10.8. The number of aliphatic hydroxyl groups is 5. The van der Waals surface area contributed by atoms with E-state index in [0.29, 0.717) is 0 Å². The Kier molecular flexibility index (Phi) is 8.79. The van der Waals surface area contributed by atoms with Gasteiger partial charge in [0.05, 0.1) is 30.9 Å². The fourth-order valence-corrected chi connectivity index (χ4v) is 4.43. The van der Waals surface area contributed by atoms with Crippen molar-refractivity contribution in [2.45, 2.75) is 98.4 Å². The Morgan fingerprint density at radius 2 is 1.28 bits per heavy atom. The second-order valence-electron chi connectivity index (χ2n) is 8.78. The van der Waals surface area contributed by atoms with Gasteiger partial charge in [0.25, 0.3) is 0 Å². The molecule has 1 saturated carbocycles. The predicted octanol–water partition coefficient (Wildman–Crippen LogP) is -6.30. The van der Waals surface area contributed by atoms with Crippen molar-refractivity contribution in [3.63, 3.8) is 0 Å². The average molecular weight is 468 g/mol. The zero-order valence-corrected chi connectivity index (χ0v) is 17.7. The first-order valence-electron chi connectivity index (χ1n) is 10.8. The minimum atomic E-state index is -1.44. The van der Waals surface area contributed by atoms with Crippen molar-refractivity contribution in [1.82, 2.24) is 0 Å². The first-order chi connectivity index (χ1) is 15.1. The minimum Gasteiger partial charge on any atom is -0.394 e. The molecule has 0 aromatic carbocycles. The maximum Gasteiger partial charge on any atom is 0.186 e. The molecule has 0 aromatic rings. The molecular weight excluding hydrogens is 430 g/mol. The van der Waals surface area contributed by atoms with Crippen molar-refractivity contribution < 1.29 is 44.5 Å². The molecule has 1 aliphatic carbocycles. The van der Waals surface area contributed by atoms with Crippen molar-refractivity contribution in [3.8, 4) is 0 Å². The van der Waals surface area contributed by atoms with Crippen LogP contribution in [0.1, 0.15) is 12.8 Å². The molecule has 0 bridgehead atoms. The third-order valence-corrected chi connectivity index (χ3v) is 6.41. The molecule has 3 rings (SSSR count). The van der Waals surface area contributed by atoms with E-state index in [1.54, 1.807) is 0 Å². The molecule has 32 heavy (non-hydrogen) atoms. The van der Waals surface area contributed by atoms with Crippen LogP contribution in [0.2, 0.25) is 0 Å². The van der Waals surface area contributed by atoms with Gasteiger partial charge in [-0.3, -0.25) is 0 Å². The minimum absolute atomic E-state index is 0.0542. The van der Waals surface area contributed by atoms with Crippen molar-refractivity contribution in [1.29, 1.82) is 0 Å². The van der Waals surface area contributed by atoms with Crippen molar-refractivity contribution >= 4 is 0 Å². The number of nitrogens with two attached hydrogens (primary N) is 5. The van der Waals surface area contributed by atoms with E-state index in [9.17, 15) is 25.5 Å². The maximum absolute atomic E-state index is 11.0. The number of ether oxygens (including phenoxy) is 4. The van der Waals surface area contributed by atoms with Gasteiger partial charge in [0.2, 0.25) is 0 Å². The Labute approximate surface area is 185 Å². The van der Waals surface area contributed by atoms with Gasteiger partial charge in [0.15, 0.2) is 12.6 Å². The highest BCUT2D eigenvalue weighted by atomic mass is 16.7. The number of rotatable bonds is 6. The zero-order valence-electron chi connectivity index (χ0n) is 17.7. The van der Waals surface area contributed by atoms with Gasteiger partial charge in [-0.2, -0.15) is 0 Å². The van der Waals surface area contributed by atoms with Gasteiger partial charge < -0.3 is 73.1 Å². The molecule has 15 N–H and O–H groups in total. The second-order valence-corrected chi connectivity index (χ2v) is 8.78. The van der Waals surface area contributed by atoms with E-state index in [1.165, 1.54) is 0 Å². The van der Waals surface area contributed by atoms with Crippen LogP contribution in [-0.4, -0.2) is 124 Å². The summed E-state index contributed by atoms with van der Waals surface area (Å²) in [7, 11) is 0. The second kappa shape index (κ2) is 10.8. The standard InChI is InChI=1S/C18H37N5O9/c19-3-9-8(25)2-7(22)17(29-9)31-15-5(20)1-6(21)16(14(15)28)32-18-13(27)11(23)12(26)10(4-24)30-18/h5-18,24-28H,1-4,19-23H2/t5?,6-,7?,8-,9?,10?,11?,12+,13?,14+,15+,16?,17+,18+/m1/s1. The quantitative estimate of drug-likeness (QED) is 0.174. The van der Waals surface area contributed by atoms with Gasteiger partial charge in [0, 0.05) is 18.6 Å². The molecule has 2 saturated heterocycles. The lowest BCUT2D eigenvalue weighted by molar-refractivity contribution is -0.314. The van der Waals surface area contributed by atoms with E-state index in [1.807, 2.05) is 0 Å². The van der Waals surface area contributed by atoms with Crippen LogP contribution in [0.4, 0.5) is 0 Å². The van der Waals surface area contributed by atoms with E-state index in [0.717, 1.165) is 0 Å². The molecule has 0 spiro atoms. The molecule has 14 nitrogen and oxygen atoms in total. The van der Waals surface area contributed by atoms with Crippen LogP contribution >= 0.6 is 0 Å². The van der Waals surface area contributed by atoms with Crippen molar-refractivity contribution in [2.75, 3.05) is 13.2 Å². The summed E-state index contributed by atoms with van der Waals surface area (Å²) in [6.45, 7) is -0.499. The molecule has 3 aliphatic rings. The van der Waals surface area contributed by atoms with Gasteiger partial charge in [-0.15, -0.1) is 0 Å². The summed E-state index contributed by atoms with van der Waals surface area (Å²) < 4.78 is 22.7. The van der Waals surface area contributed by atoms with Gasteiger partial charge in [-0.25, -0.2) is 0 Å². The van der Waals surface area contributed by atoms with Crippen LogP contribution in [0.25, 0.3) is 0 Å². The summed E-state index contributed by atoms with van der Waals surface area (Å²) in [6.07, 6.45) is -10.8. The Hall–Kier alpha value is -0.560. The topological polar surface area (TPSA) is 268 Å². The molecule has 0 amide bonds. The molecular formula is C18H37N5O9. The van der Waals surface area contributed by atoms with Crippen LogP contribution in [0.15, 0.2) is 0 Å². The van der Waals surface area contributed by atoms with E-state index >= 15 is 0 Å². The highest BCUT2D eigenvalue weighted by Crippen LogP contribution is 2.30. The van der Waals surface area contributed by atoms with E-state index in [4.69, 9.17) is 47.6 Å². The fourth-order valence-electron chi connectivity index (χ4n) is 4.43. The summed E-state index contributed by atoms with van der Waals surface area (Å²) in [5.74, 6) is 0. The van der Waals surface area contributed by atoms with Crippen LogP contribution < -0.4 is 28.7 Å². The molecule has 3 fully saturated rings. The Morgan fingerprint density at radius 1 is 0.719 bits per heavy atom. The molecule has 188 valence electrons. The Bertz CT molecular complexity index is 607. The molecule has 0 radical (unpaired) electrons. The number of hydrogen-bond acceptors (Lipinski definition) is 14. The molecule has 14 heteroatoms. The lowest BCUT2D eigenvalue weighted by Gasteiger charge is -2.47. The van der Waals surface area contributed by atoms with Gasteiger partial charge in [0.1, 0.15) is 36.6 Å². The van der Waals surface area contributed by atoms with Gasteiger partial charge in [-0.05, 0) is 12.8 Å². The van der Waals surface area contributed by atoms with Crippen molar-refractivity contribution in [3.05, 3.63) is 0 Å². The lowest BCUT2D eigenvalue weighted by Crippen LogP contribution is -2.68. The molecule has 2 heterocycles. The van der Waals surface area contributed by atoms with E-state index in [-0.39, 0.29) is 19.4 Å². The third kappa shape index (κ3) is 5.24. The summed E-state index contributed by atoms with van der Waals surface area (Å²) in [4.78, 5) is 0. The smallest absolute Gasteiger partial charge is 0.186 e. The summed E-state index contributed by atoms with van der Waals surface area (Å²) in [5.41, 5.74) is 29.8. The molecule has 0 aromatic heterocycles. The SMILES string of the molecule is NCC1O[C@@H](O[C@H]2C(N)C[C@@H](N)C(O[C@@H]3OC(CO)[C@H](O)C(N)C3O)[C@H]2O)C(N)C[C@H]1O. The van der Waals surface area contributed by atoms with Gasteiger partial charge in [-0.1, -0.05) is 0 Å². The monoisotopic (exact) mass is 467 g/mol. The Morgan fingerprint density at radius 3 is 1.84 bits per heavy atom. The summed E-state index contributed by atoms with van der Waals surface area (Å²) in [5, 5.41) is 50.7. The number of hydrogen-bond donors (Lipinski definition) is 10. The Balaban J connectivity index is 1.70. The zero-order chi connectivity index (χ0) is 23.7. The third-order valence-electron chi connectivity index (χ3n) is 6.41. The largest absolute Gasteiger partial charge is 0.394 e. The predicted molar refractivity (Wildman–Crippen MR) is 108 cm³/mol. The average Bonchev–Trinajstić information content (AvgIpc) is 2.75. The first kappa shape index (κ1) is 26.1. The van der Waals surface area contributed by atoms with Gasteiger partial charge >= 0.3 is 0 Å². The van der Waals surface area contributed by atoms with Crippen LogP contribution in [0, 0.1) is 0 Å². The molecule has 7 unspecified atom stereocenters. The fraction of sp³-hybridized carbons (Fsp3) is 1.00. The van der Waals surface area contributed by atoms with Crippen LogP contribution in [-0.2, 0) is 18.9 Å². The summed E-state index contributed by atoms with van der Waals surface area (Å²) in [6, 6.07) is -3.27. The van der Waals surface area contributed by atoms with Crippen molar-refractivity contribution in [2.24, 2.45) is 28.7 Å². The highest BCUT2D eigenvalue weighted by molar-refractivity contribution is 5.01. The van der Waals surface area contributed by atoms with E-state index < -0.39 is 92.2 Å². The number of aliphatic hydroxyl groups excluding tert-OH is 5. The maximum atomic E-state index is 11.0. The molecule has 14 atom stereocenters.